The summed E-state index contributed by atoms with van der Waals surface area (Å²) in [5, 5.41) is 56.4. The summed E-state index contributed by atoms with van der Waals surface area (Å²) >= 11 is 0. The first kappa shape index (κ1) is 95.6. The van der Waals surface area contributed by atoms with E-state index in [9.17, 15) is 29.1 Å². The molecule has 6 saturated heterocycles. The van der Waals surface area contributed by atoms with Gasteiger partial charge in [-0.25, -0.2) is 19.9 Å². The predicted molar refractivity (Wildman–Crippen MR) is 569 cm³/mol. The molecule has 0 spiro atoms. The fraction of sp³-hybridized carbons (Fsp3) is 0.295. The fourth-order valence-corrected chi connectivity index (χ4v) is 19.4. The molecule has 6 aliphatic heterocycles. The number of carbonyl (C=O) groups is 5. The first-order valence-electron chi connectivity index (χ1n) is 50.7. The van der Waals surface area contributed by atoms with Crippen LogP contribution in [0.3, 0.4) is 0 Å². The van der Waals surface area contributed by atoms with Crippen LogP contribution >= 0.6 is 0 Å². The van der Waals surface area contributed by atoms with Crippen LogP contribution in [0.2, 0.25) is 0 Å². The Morgan fingerprint density at radius 2 is 0.630 bits per heavy atom. The molecule has 18 heterocycles. The quantitative estimate of drug-likeness (QED) is 0.0269. The normalized spacial score (nSPS) is 15.6. The molecule has 1 saturated carbocycles. The molecule has 7 aliphatic rings. The van der Waals surface area contributed by atoms with Crippen molar-refractivity contribution in [2.45, 2.75) is 128 Å². The molecule has 0 bridgehead atoms. The van der Waals surface area contributed by atoms with Crippen LogP contribution in [0, 0.1) is 5.92 Å². The number of hydrogen-bond acceptors (Lipinski definition) is 25. The molecule has 10 N–H and O–H groups in total. The summed E-state index contributed by atoms with van der Waals surface area (Å²) in [5.41, 5.74) is 17.6. The first-order valence-corrected chi connectivity index (χ1v) is 50.7. The van der Waals surface area contributed by atoms with Gasteiger partial charge < -0.3 is 56.0 Å². The number of amides is 5. The molecule has 0 atom stereocenters. The van der Waals surface area contributed by atoms with Gasteiger partial charge in [-0.3, -0.25) is 74.1 Å². The Kier molecular flexibility index (Phi) is 29.4. The van der Waals surface area contributed by atoms with Gasteiger partial charge in [0.05, 0.1) is 93.8 Å². The van der Waals surface area contributed by atoms with Crippen molar-refractivity contribution in [3.05, 3.63) is 284 Å². The van der Waals surface area contributed by atoms with E-state index in [1.165, 1.54) is 89.0 Å². The Labute approximate surface area is 843 Å². The number of likely N-dealkylation sites (tertiary alicyclic amines) is 2. The van der Waals surface area contributed by atoms with Gasteiger partial charge in [-0.2, -0.15) is 20.4 Å². The van der Waals surface area contributed by atoms with Gasteiger partial charge in [0.2, 0.25) is 5.91 Å². The summed E-state index contributed by atoms with van der Waals surface area (Å²) in [7, 11) is 0. The zero-order valence-corrected chi connectivity index (χ0v) is 81.2. The maximum absolute atomic E-state index is 13.2. The van der Waals surface area contributed by atoms with E-state index in [2.05, 4.69) is 149 Å². The highest BCUT2D eigenvalue weighted by atomic mass is 16.5. The number of fused-ring (bicyclic) bond motifs is 4. The van der Waals surface area contributed by atoms with Gasteiger partial charge in [0, 0.05) is 165 Å². The van der Waals surface area contributed by atoms with Crippen molar-refractivity contribution < 1.29 is 33.8 Å². The maximum Gasteiger partial charge on any atom is 0.276 e. The fourth-order valence-electron chi connectivity index (χ4n) is 19.4. The lowest BCUT2D eigenvalue weighted by atomic mass is 10.0. The Morgan fingerprint density at radius 1 is 0.295 bits per heavy atom. The summed E-state index contributed by atoms with van der Waals surface area (Å²) < 4.78 is 5.93. The van der Waals surface area contributed by atoms with Gasteiger partial charge in [-0.05, 0) is 289 Å². The van der Waals surface area contributed by atoms with Crippen molar-refractivity contribution in [2.24, 2.45) is 5.92 Å². The molecule has 5 amide bonds. The Bertz CT molecular complexity index is 7450. The van der Waals surface area contributed by atoms with Crippen LogP contribution in [0.5, 0.6) is 11.5 Å². The Balaban J connectivity index is 0.000000114. The minimum absolute atomic E-state index is 0.0386. The van der Waals surface area contributed by atoms with E-state index in [4.69, 9.17) is 4.74 Å². The molecule has 5 aromatic carbocycles. The number of ether oxygens (including phenoxy) is 1. The molecule has 12 aromatic heterocycles. The number of aliphatic hydroxyl groups is 1. The first-order chi connectivity index (χ1) is 71.7. The van der Waals surface area contributed by atoms with Gasteiger partial charge in [-0.1, -0.05) is 42.5 Å². The summed E-state index contributed by atoms with van der Waals surface area (Å²) in [5.74, 6) is 4.18. The molecule has 740 valence electrons. The van der Waals surface area contributed by atoms with Crippen LogP contribution < -0.4 is 50.9 Å². The number of piperidine rings is 5. The van der Waals surface area contributed by atoms with Crippen LogP contribution in [0.1, 0.15) is 162 Å². The number of H-pyrrole nitrogens is 4. The highest BCUT2D eigenvalue weighted by Crippen LogP contribution is 2.37. The number of carbonyl (C=O) groups excluding carboxylic acids is 5. The predicted octanol–water partition coefficient (Wildman–Crippen LogP) is 19.4. The number of aromatic amines is 4. The van der Waals surface area contributed by atoms with Crippen LogP contribution in [-0.2, 0) is 17.9 Å². The monoisotopic (exact) mass is 1950 g/mol. The van der Waals surface area contributed by atoms with Gasteiger partial charge in [0.25, 0.3) is 23.6 Å². The van der Waals surface area contributed by atoms with E-state index in [1.54, 1.807) is 49.6 Å². The smallest absolute Gasteiger partial charge is 0.276 e. The second-order valence-electron chi connectivity index (χ2n) is 38.3. The number of aliphatic hydroxyl groups excluding tert-OH is 1. The van der Waals surface area contributed by atoms with Crippen LogP contribution in [0.4, 0.5) is 51.7 Å². The van der Waals surface area contributed by atoms with Gasteiger partial charge in [0.15, 0.2) is 22.8 Å². The Morgan fingerprint density at radius 3 is 0.966 bits per heavy atom. The average molecular weight is 1950 g/mol. The van der Waals surface area contributed by atoms with E-state index in [0.29, 0.717) is 62.3 Å². The van der Waals surface area contributed by atoms with E-state index in [-0.39, 0.29) is 41.6 Å². The number of rotatable bonds is 24. The van der Waals surface area contributed by atoms with Crippen LogP contribution in [0.25, 0.3) is 88.1 Å². The zero-order chi connectivity index (χ0) is 99.0. The van der Waals surface area contributed by atoms with E-state index < -0.39 is 0 Å². The molecular formula is C112H115N27O7. The van der Waals surface area contributed by atoms with Gasteiger partial charge in [0.1, 0.15) is 34.8 Å². The van der Waals surface area contributed by atoms with E-state index >= 15 is 0 Å². The second-order valence-corrected chi connectivity index (χ2v) is 38.3. The van der Waals surface area contributed by atoms with Crippen molar-refractivity contribution in [1.29, 1.82) is 0 Å². The summed E-state index contributed by atoms with van der Waals surface area (Å²) in [6, 6.07) is 56.7. The largest absolute Gasteiger partial charge is 0.456 e. The topological polar surface area (TPSA) is 412 Å². The van der Waals surface area contributed by atoms with E-state index in [1.807, 2.05) is 189 Å². The molecule has 7 fully saturated rings. The molecule has 34 heteroatoms. The molecule has 0 radical (unpaired) electrons. The number of pyridine rings is 8. The van der Waals surface area contributed by atoms with Gasteiger partial charge >= 0.3 is 0 Å². The number of hydrogen-bond donors (Lipinski definition) is 10. The molecule has 146 heavy (non-hydrogen) atoms. The lowest BCUT2D eigenvalue weighted by Crippen LogP contribution is -2.36. The minimum Gasteiger partial charge on any atom is -0.456 e. The number of aromatic nitrogens is 16. The number of benzene rings is 5. The minimum atomic E-state index is -0.311. The average Bonchev–Trinajstić information content (AvgIpc) is 1.64. The zero-order valence-electron chi connectivity index (χ0n) is 81.2. The lowest BCUT2D eigenvalue weighted by Gasteiger charge is -2.30. The van der Waals surface area contributed by atoms with Crippen molar-refractivity contribution in [1.82, 2.24) is 90.5 Å². The summed E-state index contributed by atoms with van der Waals surface area (Å²) in [6.07, 6.45) is 40.4. The summed E-state index contributed by atoms with van der Waals surface area (Å²) in [6.45, 7) is 14.0. The number of nitrogens with zero attached hydrogens (tertiary/aromatic N) is 18. The molecule has 1 aliphatic carbocycles. The number of nitrogens with one attached hydrogen (secondary N) is 9. The molecule has 24 rings (SSSR count). The Hall–Kier alpha value is -16.6. The highest BCUT2D eigenvalue weighted by molar-refractivity contribution is 6.15. The van der Waals surface area contributed by atoms with Crippen molar-refractivity contribution in [3.8, 4) is 56.0 Å². The third kappa shape index (κ3) is 23.5. The van der Waals surface area contributed by atoms with E-state index in [0.717, 1.165) is 235 Å². The summed E-state index contributed by atoms with van der Waals surface area (Å²) in [4.78, 5) is 114. The number of para-hydroxylation sites is 1. The maximum atomic E-state index is 13.2. The molecule has 34 nitrogen and oxygen atoms in total. The molecular weight excluding hydrogens is 1840 g/mol. The van der Waals surface area contributed by atoms with Crippen LogP contribution in [0.15, 0.2) is 250 Å². The van der Waals surface area contributed by atoms with Crippen molar-refractivity contribution in [2.75, 3.05) is 125 Å². The van der Waals surface area contributed by atoms with Crippen molar-refractivity contribution in [3.63, 3.8) is 0 Å². The third-order valence-corrected chi connectivity index (χ3v) is 27.7. The lowest BCUT2D eigenvalue weighted by molar-refractivity contribution is -0.117. The standard InChI is InChI=1S/C29H33N7O2.C29H26N6O2.C27H27N7O2.C27H29N7O/c37-24-8-12-35(13-9-24)19-20-14-22(17-30-16-20)21-4-6-26-25(15-21)28(34-33-26)29(38)32-23-5-7-27(31-18-23)36-10-2-1-3-11-36;36-29(32-22-10-12-27(31-18-22)35-13-5-2-6-14-35)28-25-16-20(9-11-26(25)33-34-28)21-15-24(19-30-17-21)37-23-7-3-1-4-8-23;35-26(17-4-5-17)31-21-12-19(14-28-15-21)18-6-8-23-22(13-18)25(33-32-23)27(36)30-20-7-9-24(29-16-20)34-10-2-1-3-11-34;35-27(30-22-6-8-25(29-17-22)34-11-2-1-3-12-34)26-23-14-20(5-7-24(23)31-32-26)21-13-19(15-28-16-21)18-33-9-4-10-33/h4-7,14-18,24,37H,1-3,8-13,19H2,(H,32,38)(H,33,34);1,3-4,7-12,15-19H,2,5-6,13-14H2,(H,32,36)(H,33,34);6-9,12-17H,1-5,10-11H2,(H,30,36)(H,31,35)(H,32,33);5-8,13-17H,1-4,9-12,18H2,(H,30,35)(H,31,32). The highest BCUT2D eigenvalue weighted by Gasteiger charge is 2.31. The van der Waals surface area contributed by atoms with Gasteiger partial charge in [-0.15, -0.1) is 0 Å². The third-order valence-electron chi connectivity index (χ3n) is 27.7. The van der Waals surface area contributed by atoms with Crippen LogP contribution in [-0.4, -0.2) is 210 Å². The molecule has 0 unspecified atom stereocenters. The van der Waals surface area contributed by atoms with Crippen molar-refractivity contribution >= 4 is 125 Å². The second kappa shape index (κ2) is 44.9. The SMILES string of the molecule is O=C(Nc1ccc(N2CCCCC2)nc1)c1n[nH]c2ccc(-c3cncc(CN4CCC(O)CC4)c3)cc12.O=C(Nc1ccc(N2CCCCC2)nc1)c1n[nH]c2ccc(-c3cncc(CN4CCC4)c3)cc12.O=C(Nc1ccc(N2CCCCC2)nc1)c1n[nH]c2ccc(-c3cncc(NC(=O)C4CC4)c3)cc12.O=C(Nc1ccc(N2CCCCC2)nc1)c1n[nH]c2ccc(-c3cncc(Oc4ccccc4)c3)cc12. The number of anilines is 9. The molecule has 17 aromatic rings.